The average Bonchev–Trinajstić information content (AvgIpc) is 2.42. The minimum Gasteiger partial charge on any atom is -0.314 e. The lowest BCUT2D eigenvalue weighted by Gasteiger charge is -2.22. The van der Waals surface area contributed by atoms with Crippen molar-refractivity contribution in [2.24, 2.45) is 5.92 Å². The van der Waals surface area contributed by atoms with Gasteiger partial charge >= 0.3 is 0 Å². The molecule has 1 N–H and O–H groups in total. The molecule has 0 aliphatic heterocycles. The number of rotatable bonds is 9. The summed E-state index contributed by atoms with van der Waals surface area (Å²) in [5.74, 6) is 1.36. The lowest BCUT2D eigenvalue weighted by molar-refractivity contribution is 0.370. The Morgan fingerprint density at radius 1 is 1.00 bits per heavy atom. The summed E-state index contributed by atoms with van der Waals surface area (Å²) in [6, 6.07) is 9.85. The minimum atomic E-state index is 0.632. The van der Waals surface area contributed by atoms with E-state index in [1.807, 2.05) is 0 Å². The highest BCUT2D eigenvalue weighted by molar-refractivity contribution is 5.24. The van der Waals surface area contributed by atoms with Gasteiger partial charge in [-0.1, -0.05) is 58.9 Å². The maximum atomic E-state index is 3.68. The summed E-state index contributed by atoms with van der Waals surface area (Å²) in [6.07, 6.45) is 4.99. The van der Waals surface area contributed by atoms with Crippen LogP contribution in [0.3, 0.4) is 0 Å². The maximum Gasteiger partial charge on any atom is 0.00901 e. The number of benzene rings is 1. The van der Waals surface area contributed by atoms with E-state index in [4.69, 9.17) is 0 Å². The fourth-order valence-electron chi connectivity index (χ4n) is 2.60. The molecule has 0 radical (unpaired) electrons. The molecule has 1 unspecified atom stereocenters. The van der Waals surface area contributed by atoms with E-state index in [1.165, 1.54) is 36.8 Å². The molecule has 0 amide bonds. The van der Waals surface area contributed by atoms with Gasteiger partial charge in [0.25, 0.3) is 0 Å². The molecule has 1 heteroatoms. The van der Waals surface area contributed by atoms with E-state index in [-0.39, 0.29) is 0 Å². The summed E-state index contributed by atoms with van der Waals surface area (Å²) in [5.41, 5.74) is 2.92. The Hall–Kier alpha value is -0.820. The van der Waals surface area contributed by atoms with Crippen molar-refractivity contribution in [2.45, 2.75) is 72.3 Å². The van der Waals surface area contributed by atoms with Gasteiger partial charge in [0.2, 0.25) is 0 Å². The van der Waals surface area contributed by atoms with E-state index in [0.717, 1.165) is 12.5 Å². The number of hydrogen-bond donors (Lipinski definition) is 1. The summed E-state index contributed by atoms with van der Waals surface area (Å²) in [7, 11) is 0. The van der Waals surface area contributed by atoms with Gasteiger partial charge in [0.05, 0.1) is 0 Å². The predicted molar refractivity (Wildman–Crippen MR) is 90.4 cm³/mol. The second-order valence-electron chi connectivity index (χ2n) is 6.59. The van der Waals surface area contributed by atoms with Gasteiger partial charge in [-0.25, -0.2) is 0 Å². The Morgan fingerprint density at radius 3 is 2.15 bits per heavy atom. The Kier molecular flexibility index (Phi) is 7.91. The molecule has 0 saturated heterocycles. The molecule has 1 rings (SSSR count). The summed E-state index contributed by atoms with van der Waals surface area (Å²) in [4.78, 5) is 0. The van der Waals surface area contributed by atoms with Crippen LogP contribution in [0.25, 0.3) is 0 Å². The third-order valence-corrected chi connectivity index (χ3v) is 4.09. The largest absolute Gasteiger partial charge is 0.314 e. The van der Waals surface area contributed by atoms with Crippen molar-refractivity contribution in [2.75, 3.05) is 6.54 Å². The van der Waals surface area contributed by atoms with Crippen molar-refractivity contribution >= 4 is 0 Å². The number of aryl methyl sites for hydroxylation is 1. The molecule has 0 aliphatic carbocycles. The third-order valence-electron chi connectivity index (χ3n) is 4.09. The van der Waals surface area contributed by atoms with Gasteiger partial charge in [-0.2, -0.15) is 0 Å². The molecular weight excluding hydrogens is 242 g/mol. The summed E-state index contributed by atoms with van der Waals surface area (Å²) in [6.45, 7) is 12.5. The molecule has 1 nitrogen and oxygen atoms in total. The molecule has 1 aromatic rings. The zero-order valence-corrected chi connectivity index (χ0v) is 14.1. The molecule has 1 aromatic carbocycles. The number of hydrogen-bond acceptors (Lipinski definition) is 1. The van der Waals surface area contributed by atoms with Crippen LogP contribution in [-0.2, 0) is 6.42 Å². The number of nitrogens with one attached hydrogen (secondary N) is 1. The van der Waals surface area contributed by atoms with Crippen molar-refractivity contribution in [3.8, 4) is 0 Å². The van der Waals surface area contributed by atoms with Crippen LogP contribution in [0.15, 0.2) is 24.3 Å². The smallest absolute Gasteiger partial charge is 0.00901 e. The molecule has 1 atom stereocenters. The second kappa shape index (κ2) is 9.18. The monoisotopic (exact) mass is 275 g/mol. The van der Waals surface area contributed by atoms with Gasteiger partial charge in [0.1, 0.15) is 0 Å². The van der Waals surface area contributed by atoms with Gasteiger partial charge in [-0.15, -0.1) is 0 Å². The Balaban J connectivity index is 2.38. The normalized spacial score (nSPS) is 13.2. The van der Waals surface area contributed by atoms with Gasteiger partial charge in [-0.3, -0.25) is 0 Å². The van der Waals surface area contributed by atoms with Crippen molar-refractivity contribution in [3.05, 3.63) is 35.4 Å². The Labute approximate surface area is 126 Å². The summed E-state index contributed by atoms with van der Waals surface area (Å²) >= 11 is 0. The van der Waals surface area contributed by atoms with Gasteiger partial charge in [0.15, 0.2) is 0 Å². The first kappa shape index (κ1) is 17.2. The lowest BCUT2D eigenvalue weighted by Crippen LogP contribution is -2.34. The van der Waals surface area contributed by atoms with E-state index in [2.05, 4.69) is 64.2 Å². The van der Waals surface area contributed by atoms with Crippen molar-refractivity contribution in [1.29, 1.82) is 0 Å². The van der Waals surface area contributed by atoms with Crippen LogP contribution in [0.4, 0.5) is 0 Å². The van der Waals surface area contributed by atoms with E-state index < -0.39 is 0 Å². The Bertz CT molecular complexity index is 351. The standard InChI is InChI=1S/C19H33N/c1-6-14-20-19(16(4)5)9-7-8-17-10-12-18(13-11-17)15(2)3/h10-13,15-16,19-20H,6-9,14H2,1-5H3. The van der Waals surface area contributed by atoms with Gasteiger partial charge in [0, 0.05) is 6.04 Å². The van der Waals surface area contributed by atoms with Crippen LogP contribution < -0.4 is 5.32 Å². The van der Waals surface area contributed by atoms with Crippen LogP contribution in [0.2, 0.25) is 0 Å². The topological polar surface area (TPSA) is 12.0 Å². The van der Waals surface area contributed by atoms with Crippen LogP contribution in [0.5, 0.6) is 0 Å². The highest BCUT2D eigenvalue weighted by Gasteiger charge is 2.11. The van der Waals surface area contributed by atoms with E-state index in [0.29, 0.717) is 12.0 Å². The second-order valence-corrected chi connectivity index (χ2v) is 6.59. The summed E-state index contributed by atoms with van der Waals surface area (Å²) < 4.78 is 0. The molecule has 0 saturated carbocycles. The molecule has 0 spiro atoms. The van der Waals surface area contributed by atoms with Crippen molar-refractivity contribution in [1.82, 2.24) is 5.32 Å². The van der Waals surface area contributed by atoms with E-state index >= 15 is 0 Å². The van der Waals surface area contributed by atoms with Crippen LogP contribution in [0.1, 0.15) is 70.9 Å². The predicted octanol–water partition coefficient (Wildman–Crippen LogP) is 5.16. The quantitative estimate of drug-likeness (QED) is 0.656. The van der Waals surface area contributed by atoms with Gasteiger partial charge < -0.3 is 5.32 Å². The maximum absolute atomic E-state index is 3.68. The zero-order chi connectivity index (χ0) is 15.0. The summed E-state index contributed by atoms with van der Waals surface area (Å²) in [5, 5.41) is 3.68. The van der Waals surface area contributed by atoms with Crippen LogP contribution in [-0.4, -0.2) is 12.6 Å². The van der Waals surface area contributed by atoms with Gasteiger partial charge in [-0.05, 0) is 55.2 Å². The average molecular weight is 275 g/mol. The van der Waals surface area contributed by atoms with Crippen molar-refractivity contribution in [3.63, 3.8) is 0 Å². The lowest BCUT2D eigenvalue weighted by atomic mass is 9.95. The molecule has 20 heavy (non-hydrogen) atoms. The SMILES string of the molecule is CCCNC(CCCc1ccc(C(C)C)cc1)C(C)C. The van der Waals surface area contributed by atoms with E-state index in [1.54, 1.807) is 0 Å². The first-order chi connectivity index (χ1) is 9.54. The fourth-order valence-corrected chi connectivity index (χ4v) is 2.60. The highest BCUT2D eigenvalue weighted by atomic mass is 14.9. The third kappa shape index (κ3) is 6.09. The van der Waals surface area contributed by atoms with E-state index in [9.17, 15) is 0 Å². The first-order valence-corrected chi connectivity index (χ1v) is 8.36. The Morgan fingerprint density at radius 2 is 1.65 bits per heavy atom. The molecule has 114 valence electrons. The van der Waals surface area contributed by atoms with Crippen LogP contribution >= 0.6 is 0 Å². The molecule has 0 bridgehead atoms. The van der Waals surface area contributed by atoms with Crippen molar-refractivity contribution < 1.29 is 0 Å². The minimum absolute atomic E-state index is 0.632. The molecular formula is C19H33N. The molecule has 0 fully saturated rings. The molecule has 0 aliphatic rings. The molecule has 0 aromatic heterocycles. The van der Waals surface area contributed by atoms with Crippen LogP contribution in [0, 0.1) is 5.92 Å². The highest BCUT2D eigenvalue weighted by Crippen LogP contribution is 2.17. The molecule has 0 heterocycles. The fraction of sp³-hybridized carbons (Fsp3) is 0.684. The zero-order valence-electron chi connectivity index (χ0n) is 14.1. The first-order valence-electron chi connectivity index (χ1n) is 8.36.